The van der Waals surface area contributed by atoms with Crippen LogP contribution in [0.1, 0.15) is 41.8 Å². The normalized spacial score (nSPS) is 20.5. The van der Waals surface area contributed by atoms with Crippen molar-refractivity contribution in [3.8, 4) is 0 Å². The standard InChI is InChI=1S/C13H21N3O2S/c1-3-16(6-10-4-5-18-7-10)13(17)11-8-19-12(15-11)9(2)14/h8-10H,3-7,14H2,1-2H3. The van der Waals surface area contributed by atoms with Gasteiger partial charge in [-0.05, 0) is 20.3 Å². The van der Waals surface area contributed by atoms with Gasteiger partial charge in [0.1, 0.15) is 10.7 Å². The van der Waals surface area contributed by atoms with Crippen LogP contribution in [-0.4, -0.2) is 42.1 Å². The molecule has 1 aliphatic rings. The zero-order valence-corrected chi connectivity index (χ0v) is 12.3. The molecule has 2 unspecified atom stereocenters. The van der Waals surface area contributed by atoms with Crippen LogP contribution < -0.4 is 5.73 Å². The van der Waals surface area contributed by atoms with Gasteiger partial charge >= 0.3 is 0 Å². The van der Waals surface area contributed by atoms with Crippen LogP contribution in [0.2, 0.25) is 0 Å². The summed E-state index contributed by atoms with van der Waals surface area (Å²) in [5.41, 5.74) is 6.29. The molecule has 0 bridgehead atoms. The fraction of sp³-hybridized carbons (Fsp3) is 0.692. The molecule has 106 valence electrons. The summed E-state index contributed by atoms with van der Waals surface area (Å²) in [5, 5.41) is 2.61. The number of rotatable bonds is 5. The van der Waals surface area contributed by atoms with Crippen LogP contribution in [0.25, 0.3) is 0 Å². The van der Waals surface area contributed by atoms with Gasteiger partial charge in [-0.1, -0.05) is 0 Å². The molecule has 2 heterocycles. The van der Waals surface area contributed by atoms with Gasteiger partial charge in [-0.3, -0.25) is 4.79 Å². The number of nitrogens with zero attached hydrogens (tertiary/aromatic N) is 2. The Morgan fingerprint density at radius 1 is 1.74 bits per heavy atom. The lowest BCUT2D eigenvalue weighted by Gasteiger charge is -2.22. The average molecular weight is 283 g/mol. The number of carbonyl (C=O) groups is 1. The van der Waals surface area contributed by atoms with E-state index in [9.17, 15) is 4.79 Å². The van der Waals surface area contributed by atoms with Gasteiger partial charge in [0, 0.05) is 31.0 Å². The summed E-state index contributed by atoms with van der Waals surface area (Å²) >= 11 is 1.45. The molecule has 6 heteroatoms. The van der Waals surface area contributed by atoms with Crippen LogP contribution in [0.15, 0.2) is 5.38 Å². The monoisotopic (exact) mass is 283 g/mol. The molecule has 0 aromatic carbocycles. The Morgan fingerprint density at radius 3 is 3.05 bits per heavy atom. The van der Waals surface area contributed by atoms with Gasteiger partial charge in [0.25, 0.3) is 5.91 Å². The Hall–Kier alpha value is -0.980. The zero-order chi connectivity index (χ0) is 13.8. The Bertz CT molecular complexity index is 427. The van der Waals surface area contributed by atoms with Crippen molar-refractivity contribution in [1.29, 1.82) is 0 Å². The minimum Gasteiger partial charge on any atom is -0.381 e. The Kier molecular flexibility index (Phi) is 4.90. The Balaban J connectivity index is 2.02. The molecule has 5 nitrogen and oxygen atoms in total. The SMILES string of the molecule is CCN(CC1CCOC1)C(=O)c1csc(C(C)N)n1. The number of thiazole rings is 1. The van der Waals surface area contributed by atoms with Crippen molar-refractivity contribution in [2.75, 3.05) is 26.3 Å². The topological polar surface area (TPSA) is 68.5 Å². The number of aromatic nitrogens is 1. The highest BCUT2D eigenvalue weighted by Gasteiger charge is 2.23. The largest absolute Gasteiger partial charge is 0.381 e. The summed E-state index contributed by atoms with van der Waals surface area (Å²) in [7, 11) is 0. The highest BCUT2D eigenvalue weighted by molar-refractivity contribution is 7.09. The van der Waals surface area contributed by atoms with E-state index in [1.165, 1.54) is 11.3 Å². The van der Waals surface area contributed by atoms with Crippen LogP contribution in [0.4, 0.5) is 0 Å². The molecule has 1 saturated heterocycles. The highest BCUT2D eigenvalue weighted by atomic mass is 32.1. The van der Waals surface area contributed by atoms with E-state index in [4.69, 9.17) is 10.5 Å². The molecule has 0 aliphatic carbocycles. The summed E-state index contributed by atoms with van der Waals surface area (Å²) < 4.78 is 5.36. The summed E-state index contributed by atoms with van der Waals surface area (Å²) in [5.74, 6) is 0.452. The third-order valence-corrected chi connectivity index (χ3v) is 4.35. The summed E-state index contributed by atoms with van der Waals surface area (Å²) in [6.07, 6.45) is 1.03. The number of amides is 1. The molecule has 0 saturated carbocycles. The van der Waals surface area contributed by atoms with E-state index in [1.807, 2.05) is 18.7 Å². The number of carbonyl (C=O) groups excluding carboxylic acids is 1. The lowest BCUT2D eigenvalue weighted by Crippen LogP contribution is -2.35. The third-order valence-electron chi connectivity index (χ3n) is 3.30. The van der Waals surface area contributed by atoms with Gasteiger partial charge in [0.05, 0.1) is 12.6 Å². The summed E-state index contributed by atoms with van der Waals surface area (Å²) in [4.78, 5) is 18.6. The zero-order valence-electron chi connectivity index (χ0n) is 11.5. The first-order valence-corrected chi connectivity index (χ1v) is 7.57. The van der Waals surface area contributed by atoms with Gasteiger partial charge in [0.15, 0.2) is 0 Å². The van der Waals surface area contributed by atoms with E-state index < -0.39 is 0 Å². The van der Waals surface area contributed by atoms with Crippen LogP contribution in [-0.2, 0) is 4.74 Å². The maximum Gasteiger partial charge on any atom is 0.273 e. The second-order valence-corrected chi connectivity index (χ2v) is 5.82. The molecule has 2 N–H and O–H groups in total. The second kappa shape index (κ2) is 6.45. The summed E-state index contributed by atoms with van der Waals surface area (Å²) in [6.45, 7) is 6.88. The number of nitrogens with two attached hydrogens (primary N) is 1. The van der Waals surface area contributed by atoms with Crippen molar-refractivity contribution < 1.29 is 9.53 Å². The molecule has 1 aliphatic heterocycles. The van der Waals surface area contributed by atoms with Crippen molar-refractivity contribution in [2.45, 2.75) is 26.3 Å². The van der Waals surface area contributed by atoms with Gasteiger partial charge in [0.2, 0.25) is 0 Å². The first-order chi connectivity index (χ1) is 9.11. The number of ether oxygens (including phenoxy) is 1. The van der Waals surface area contributed by atoms with Crippen LogP contribution in [0, 0.1) is 5.92 Å². The molecule has 1 aromatic rings. The maximum atomic E-state index is 12.4. The lowest BCUT2D eigenvalue weighted by atomic mass is 10.1. The van der Waals surface area contributed by atoms with Gasteiger partial charge in [-0.15, -0.1) is 11.3 Å². The predicted molar refractivity (Wildman–Crippen MR) is 75.2 cm³/mol. The first kappa shape index (κ1) is 14.4. The van der Waals surface area contributed by atoms with Gasteiger partial charge in [-0.25, -0.2) is 4.98 Å². The summed E-state index contributed by atoms with van der Waals surface area (Å²) in [6, 6.07) is -0.121. The lowest BCUT2D eigenvalue weighted by molar-refractivity contribution is 0.0725. The second-order valence-electron chi connectivity index (χ2n) is 4.93. The van der Waals surface area contributed by atoms with Crippen molar-refractivity contribution in [3.05, 3.63) is 16.1 Å². The molecule has 0 spiro atoms. The van der Waals surface area contributed by atoms with E-state index in [0.29, 0.717) is 18.2 Å². The molecular weight excluding hydrogens is 262 g/mol. The molecule has 19 heavy (non-hydrogen) atoms. The average Bonchev–Trinajstić information content (AvgIpc) is 3.06. The van der Waals surface area contributed by atoms with Crippen LogP contribution in [0.3, 0.4) is 0 Å². The maximum absolute atomic E-state index is 12.4. The minimum atomic E-state index is -0.121. The smallest absolute Gasteiger partial charge is 0.273 e. The molecule has 1 aromatic heterocycles. The van der Waals surface area contributed by atoms with Crippen LogP contribution >= 0.6 is 11.3 Å². The van der Waals surface area contributed by atoms with Gasteiger partial charge in [-0.2, -0.15) is 0 Å². The number of hydrogen-bond acceptors (Lipinski definition) is 5. The molecular formula is C13H21N3O2S. The van der Waals surface area contributed by atoms with Crippen molar-refractivity contribution in [2.24, 2.45) is 11.7 Å². The van der Waals surface area contributed by atoms with Crippen molar-refractivity contribution >= 4 is 17.2 Å². The number of hydrogen-bond donors (Lipinski definition) is 1. The highest BCUT2D eigenvalue weighted by Crippen LogP contribution is 2.19. The van der Waals surface area contributed by atoms with E-state index in [0.717, 1.165) is 31.2 Å². The quantitative estimate of drug-likeness (QED) is 0.892. The Labute approximate surface area is 117 Å². The molecule has 1 amide bonds. The molecule has 0 radical (unpaired) electrons. The van der Waals surface area contributed by atoms with Crippen molar-refractivity contribution in [1.82, 2.24) is 9.88 Å². The fourth-order valence-corrected chi connectivity index (χ4v) is 2.90. The predicted octanol–water partition coefficient (Wildman–Crippen LogP) is 1.66. The molecule has 2 atom stereocenters. The van der Waals surface area contributed by atoms with Gasteiger partial charge < -0.3 is 15.4 Å². The van der Waals surface area contributed by atoms with E-state index in [-0.39, 0.29) is 11.9 Å². The van der Waals surface area contributed by atoms with E-state index in [2.05, 4.69) is 4.98 Å². The van der Waals surface area contributed by atoms with E-state index >= 15 is 0 Å². The first-order valence-electron chi connectivity index (χ1n) is 6.69. The molecule has 2 rings (SSSR count). The van der Waals surface area contributed by atoms with Crippen LogP contribution in [0.5, 0.6) is 0 Å². The minimum absolute atomic E-state index is 0.00227. The van der Waals surface area contributed by atoms with Crippen molar-refractivity contribution in [3.63, 3.8) is 0 Å². The third kappa shape index (κ3) is 3.52. The molecule has 1 fully saturated rings. The fourth-order valence-electron chi connectivity index (χ4n) is 2.15. The van der Waals surface area contributed by atoms with E-state index in [1.54, 1.807) is 5.38 Å². The Morgan fingerprint density at radius 2 is 2.53 bits per heavy atom.